The highest BCUT2D eigenvalue weighted by atomic mass is 32.2. The molecular weight excluding hydrogens is 236 g/mol. The Hall–Kier alpha value is -1.74. The summed E-state index contributed by atoms with van der Waals surface area (Å²) in [5, 5.41) is 15.9. The average Bonchev–Trinajstić information content (AvgIpc) is 2.58. The van der Waals surface area contributed by atoms with E-state index in [2.05, 4.69) is 15.3 Å². The van der Waals surface area contributed by atoms with Gasteiger partial charge in [0, 0.05) is 5.41 Å². The lowest BCUT2D eigenvalue weighted by atomic mass is 10.3. The van der Waals surface area contributed by atoms with Crippen molar-refractivity contribution in [3.8, 4) is 0 Å². The van der Waals surface area contributed by atoms with Gasteiger partial charge < -0.3 is 26.7 Å². The third kappa shape index (κ3) is 3.44. The van der Waals surface area contributed by atoms with Crippen molar-refractivity contribution in [1.29, 1.82) is 0 Å². The Balaban J connectivity index is 2.68. The van der Waals surface area contributed by atoms with Gasteiger partial charge in [0.25, 0.3) is 5.91 Å². The molecule has 16 heavy (non-hydrogen) atoms. The van der Waals surface area contributed by atoms with Crippen molar-refractivity contribution >= 4 is 29.4 Å². The predicted molar refractivity (Wildman–Crippen MR) is 57.0 cm³/mol. The van der Waals surface area contributed by atoms with Crippen molar-refractivity contribution in [1.82, 2.24) is 5.32 Å². The van der Waals surface area contributed by atoms with Gasteiger partial charge in [-0.1, -0.05) is 16.9 Å². The van der Waals surface area contributed by atoms with Crippen molar-refractivity contribution < 1.29 is 19.5 Å². The Labute approximate surface area is 94.7 Å². The van der Waals surface area contributed by atoms with E-state index in [4.69, 9.17) is 16.6 Å². The molecule has 88 valence electrons. The minimum atomic E-state index is -1.20. The molecule has 0 saturated carbocycles. The molecule has 0 spiro atoms. The Morgan fingerprint density at radius 2 is 2.38 bits per heavy atom. The zero-order chi connectivity index (χ0) is 12.1. The molecule has 0 radical (unpaired) electrons. The number of primary amides is 1. The summed E-state index contributed by atoms with van der Waals surface area (Å²) >= 11 is 1.23. The monoisotopic (exact) mass is 246 g/mol. The van der Waals surface area contributed by atoms with Crippen LogP contribution in [-0.2, 0) is 14.4 Å². The fraction of sp³-hybridized carbons (Fsp3) is 0.286. The Morgan fingerprint density at radius 3 is 2.81 bits per heavy atom. The SMILES string of the molecule is NC(=O)/C(=N\OCC(=O)O)C1=CSC(N)N1. The van der Waals surface area contributed by atoms with Crippen molar-refractivity contribution in [2.45, 2.75) is 5.50 Å². The van der Waals surface area contributed by atoms with Gasteiger partial charge in [0.1, 0.15) is 5.50 Å². The summed E-state index contributed by atoms with van der Waals surface area (Å²) in [6.45, 7) is -0.650. The number of carbonyl (C=O) groups excluding carboxylic acids is 1. The molecule has 0 fully saturated rings. The molecule has 1 unspecified atom stereocenters. The van der Waals surface area contributed by atoms with Crippen molar-refractivity contribution in [3.05, 3.63) is 11.1 Å². The second-order valence-corrected chi connectivity index (χ2v) is 3.72. The van der Waals surface area contributed by atoms with Crippen LogP contribution in [0.5, 0.6) is 0 Å². The lowest BCUT2D eigenvalue weighted by Crippen LogP contribution is -2.36. The molecule has 1 aliphatic rings. The minimum absolute atomic E-state index is 0.193. The Bertz CT molecular complexity index is 367. The lowest BCUT2D eigenvalue weighted by Gasteiger charge is -2.07. The van der Waals surface area contributed by atoms with Crippen LogP contribution < -0.4 is 16.8 Å². The second-order valence-electron chi connectivity index (χ2n) is 2.70. The summed E-state index contributed by atoms with van der Waals surface area (Å²) in [7, 11) is 0. The largest absolute Gasteiger partial charge is 0.479 e. The summed E-state index contributed by atoms with van der Waals surface area (Å²) in [6, 6.07) is 0. The molecule has 9 heteroatoms. The Morgan fingerprint density at radius 1 is 1.69 bits per heavy atom. The molecule has 0 aromatic rings. The standard InChI is InChI=1S/C7H10N4O4S/c8-6(14)5(11-15-1-4(12)13)3-2-16-7(9)10-3/h2,7,10H,1,9H2,(H2,8,14)(H,12,13)/b11-5-. The number of nitrogens with two attached hydrogens (primary N) is 2. The van der Waals surface area contributed by atoms with Crippen molar-refractivity contribution in [2.75, 3.05) is 6.61 Å². The predicted octanol–water partition coefficient (Wildman–Crippen LogP) is -1.65. The van der Waals surface area contributed by atoms with E-state index < -0.39 is 18.5 Å². The van der Waals surface area contributed by atoms with Crippen molar-refractivity contribution in [3.63, 3.8) is 0 Å². The first-order valence-electron chi connectivity index (χ1n) is 4.10. The van der Waals surface area contributed by atoms with Crippen LogP contribution >= 0.6 is 11.8 Å². The van der Waals surface area contributed by atoms with E-state index in [0.29, 0.717) is 5.70 Å². The molecule has 0 aromatic heterocycles. The lowest BCUT2D eigenvalue weighted by molar-refractivity contribution is -0.142. The number of carboxylic acids is 1. The van der Waals surface area contributed by atoms with Gasteiger partial charge in [0.2, 0.25) is 6.61 Å². The number of hydrogen-bond acceptors (Lipinski definition) is 7. The maximum atomic E-state index is 11.0. The molecule has 0 bridgehead atoms. The van der Waals surface area contributed by atoms with E-state index in [1.54, 1.807) is 5.41 Å². The van der Waals surface area contributed by atoms with Crippen LogP contribution in [0.15, 0.2) is 16.3 Å². The molecule has 1 atom stereocenters. The average molecular weight is 246 g/mol. The fourth-order valence-corrected chi connectivity index (χ4v) is 1.52. The number of aliphatic carboxylic acids is 1. The highest BCUT2D eigenvalue weighted by molar-refractivity contribution is 8.02. The highest BCUT2D eigenvalue weighted by Crippen LogP contribution is 2.17. The molecule has 6 N–H and O–H groups in total. The first-order chi connectivity index (χ1) is 7.50. The van der Waals surface area contributed by atoms with Gasteiger partial charge in [-0.25, -0.2) is 4.79 Å². The number of thioether (sulfide) groups is 1. The van der Waals surface area contributed by atoms with Gasteiger partial charge in [-0.15, -0.1) is 0 Å². The molecule has 0 saturated heterocycles. The van der Waals surface area contributed by atoms with E-state index in [0.717, 1.165) is 0 Å². The highest BCUT2D eigenvalue weighted by Gasteiger charge is 2.21. The maximum absolute atomic E-state index is 11.0. The molecule has 0 aliphatic carbocycles. The summed E-state index contributed by atoms with van der Waals surface area (Å²) < 4.78 is 0. The minimum Gasteiger partial charge on any atom is -0.479 e. The number of amides is 1. The number of carboxylic acid groups (broad SMARTS) is 1. The zero-order valence-electron chi connectivity index (χ0n) is 8.04. The zero-order valence-corrected chi connectivity index (χ0v) is 8.86. The van der Waals surface area contributed by atoms with Crippen LogP contribution in [-0.4, -0.2) is 34.8 Å². The second kappa shape index (κ2) is 5.37. The maximum Gasteiger partial charge on any atom is 0.344 e. The molecule has 0 aromatic carbocycles. The number of carbonyl (C=O) groups is 2. The molecule has 1 aliphatic heterocycles. The van der Waals surface area contributed by atoms with Crippen LogP contribution in [0.2, 0.25) is 0 Å². The van der Waals surface area contributed by atoms with E-state index in [9.17, 15) is 9.59 Å². The number of hydrogen-bond donors (Lipinski definition) is 4. The van der Waals surface area contributed by atoms with Crippen LogP contribution in [0.25, 0.3) is 0 Å². The number of rotatable bonds is 5. The van der Waals surface area contributed by atoms with E-state index in [-0.39, 0.29) is 11.2 Å². The first-order valence-corrected chi connectivity index (χ1v) is 5.04. The van der Waals surface area contributed by atoms with Crippen molar-refractivity contribution in [2.24, 2.45) is 16.6 Å². The quantitative estimate of drug-likeness (QED) is 0.336. The molecular formula is C7H10N4O4S. The summed E-state index contributed by atoms with van der Waals surface area (Å²) in [5.74, 6) is -2.04. The molecule has 8 nitrogen and oxygen atoms in total. The smallest absolute Gasteiger partial charge is 0.344 e. The summed E-state index contributed by atoms with van der Waals surface area (Å²) in [4.78, 5) is 25.6. The van der Waals surface area contributed by atoms with Crippen LogP contribution in [0.4, 0.5) is 0 Å². The Kier molecular flexibility index (Phi) is 4.14. The summed E-state index contributed by atoms with van der Waals surface area (Å²) in [5.41, 5.74) is 10.3. The normalized spacial score (nSPS) is 19.9. The van der Waals surface area contributed by atoms with E-state index in [1.807, 2.05) is 0 Å². The van der Waals surface area contributed by atoms with E-state index in [1.165, 1.54) is 11.8 Å². The number of nitrogens with zero attached hydrogens (tertiary/aromatic N) is 1. The first kappa shape index (κ1) is 12.3. The molecule has 1 rings (SSSR count). The molecule has 1 heterocycles. The topological polar surface area (TPSA) is 140 Å². The van der Waals surface area contributed by atoms with E-state index >= 15 is 0 Å². The summed E-state index contributed by atoms with van der Waals surface area (Å²) in [6.07, 6.45) is 0. The fourth-order valence-electron chi connectivity index (χ4n) is 0.866. The van der Waals surface area contributed by atoms with Gasteiger partial charge in [0.15, 0.2) is 5.71 Å². The number of oxime groups is 1. The van der Waals surface area contributed by atoms with Gasteiger partial charge in [-0.2, -0.15) is 0 Å². The van der Waals surface area contributed by atoms with Crippen LogP contribution in [0.1, 0.15) is 0 Å². The van der Waals surface area contributed by atoms with Gasteiger partial charge in [0.05, 0.1) is 5.70 Å². The number of nitrogens with one attached hydrogen (secondary N) is 1. The van der Waals surface area contributed by atoms with Crippen LogP contribution in [0, 0.1) is 0 Å². The van der Waals surface area contributed by atoms with Gasteiger partial charge in [-0.3, -0.25) is 4.79 Å². The molecule has 1 amide bonds. The third-order valence-corrected chi connectivity index (χ3v) is 2.25. The van der Waals surface area contributed by atoms with Gasteiger partial charge in [-0.05, 0) is 0 Å². The third-order valence-electron chi connectivity index (χ3n) is 1.46. The van der Waals surface area contributed by atoms with Crippen LogP contribution in [0.3, 0.4) is 0 Å². The van der Waals surface area contributed by atoms with Gasteiger partial charge >= 0.3 is 5.97 Å².